The quantitative estimate of drug-likeness (QED) is 0.817. The van der Waals surface area contributed by atoms with Gasteiger partial charge in [0.1, 0.15) is 5.82 Å². The molecule has 0 amide bonds. The van der Waals surface area contributed by atoms with Gasteiger partial charge in [-0.05, 0) is 53.2 Å². The lowest BCUT2D eigenvalue weighted by Crippen LogP contribution is -1.95. The Morgan fingerprint density at radius 1 is 1.12 bits per heavy atom. The standard InChI is InChI=1S/C12H9BrCl2N2/c1-7-9(13)3-5-12(16-7)17-8-2-4-10(14)11(15)6-8/h2-6H,1H3,(H,16,17). The SMILES string of the molecule is Cc1nc(Nc2ccc(Cl)c(Cl)c2)ccc1Br. The predicted octanol–water partition coefficient (Wildman–Crippen LogP) is 5.20. The van der Waals surface area contributed by atoms with Crippen LogP contribution in [0.25, 0.3) is 0 Å². The van der Waals surface area contributed by atoms with Gasteiger partial charge in [0.25, 0.3) is 0 Å². The topological polar surface area (TPSA) is 24.9 Å². The number of nitrogens with one attached hydrogen (secondary N) is 1. The van der Waals surface area contributed by atoms with Crippen LogP contribution in [0.5, 0.6) is 0 Å². The summed E-state index contributed by atoms with van der Waals surface area (Å²) in [7, 11) is 0. The van der Waals surface area contributed by atoms with Crippen LogP contribution in [0.4, 0.5) is 11.5 Å². The van der Waals surface area contributed by atoms with E-state index in [-0.39, 0.29) is 0 Å². The summed E-state index contributed by atoms with van der Waals surface area (Å²) in [5.41, 5.74) is 1.78. The van der Waals surface area contributed by atoms with Crippen LogP contribution in [0.2, 0.25) is 10.0 Å². The molecule has 0 aliphatic carbocycles. The molecule has 2 aromatic rings. The molecule has 0 bridgehead atoms. The molecule has 0 spiro atoms. The highest BCUT2D eigenvalue weighted by Gasteiger charge is 2.02. The molecule has 0 atom stereocenters. The van der Waals surface area contributed by atoms with Crippen molar-refractivity contribution in [1.82, 2.24) is 4.98 Å². The Labute approximate surface area is 118 Å². The van der Waals surface area contributed by atoms with Crippen molar-refractivity contribution < 1.29 is 0 Å². The molecule has 5 heteroatoms. The van der Waals surface area contributed by atoms with Gasteiger partial charge < -0.3 is 5.32 Å². The maximum atomic E-state index is 5.94. The third kappa shape index (κ3) is 3.12. The Hall–Kier alpha value is -0.770. The van der Waals surface area contributed by atoms with Crippen molar-refractivity contribution >= 4 is 50.6 Å². The van der Waals surface area contributed by atoms with Gasteiger partial charge in [-0.3, -0.25) is 0 Å². The molecule has 1 heterocycles. The second kappa shape index (κ2) is 5.25. The first-order chi connectivity index (χ1) is 8.06. The van der Waals surface area contributed by atoms with E-state index < -0.39 is 0 Å². The third-order valence-corrected chi connectivity index (χ3v) is 3.79. The fourth-order valence-corrected chi connectivity index (χ4v) is 1.85. The lowest BCUT2D eigenvalue weighted by Gasteiger charge is -2.08. The molecule has 0 radical (unpaired) electrons. The highest BCUT2D eigenvalue weighted by molar-refractivity contribution is 9.10. The zero-order valence-electron chi connectivity index (χ0n) is 8.97. The third-order valence-electron chi connectivity index (χ3n) is 2.21. The van der Waals surface area contributed by atoms with Gasteiger partial charge in [-0.15, -0.1) is 0 Å². The van der Waals surface area contributed by atoms with Crippen LogP contribution in [0.15, 0.2) is 34.8 Å². The highest BCUT2D eigenvalue weighted by atomic mass is 79.9. The van der Waals surface area contributed by atoms with Crippen LogP contribution < -0.4 is 5.32 Å². The fourth-order valence-electron chi connectivity index (χ4n) is 1.34. The minimum atomic E-state index is 0.519. The Morgan fingerprint density at radius 2 is 1.88 bits per heavy atom. The first-order valence-corrected chi connectivity index (χ1v) is 6.46. The molecule has 0 unspecified atom stereocenters. The van der Waals surface area contributed by atoms with Crippen molar-refractivity contribution in [3.05, 3.63) is 50.5 Å². The van der Waals surface area contributed by atoms with Crippen LogP contribution >= 0.6 is 39.1 Å². The summed E-state index contributed by atoms with van der Waals surface area (Å²) in [6.45, 7) is 1.93. The van der Waals surface area contributed by atoms with Crippen LogP contribution in [-0.2, 0) is 0 Å². The molecule has 2 rings (SSSR count). The molecule has 0 fully saturated rings. The first-order valence-electron chi connectivity index (χ1n) is 4.91. The van der Waals surface area contributed by atoms with Crippen molar-refractivity contribution in [3.8, 4) is 0 Å². The van der Waals surface area contributed by atoms with E-state index in [2.05, 4.69) is 26.2 Å². The van der Waals surface area contributed by atoms with E-state index in [4.69, 9.17) is 23.2 Å². The van der Waals surface area contributed by atoms with Gasteiger partial charge in [0.2, 0.25) is 0 Å². The number of hydrogen-bond donors (Lipinski definition) is 1. The lowest BCUT2D eigenvalue weighted by atomic mass is 10.3. The maximum Gasteiger partial charge on any atom is 0.130 e. The number of anilines is 2. The molecule has 1 aromatic carbocycles. The normalized spacial score (nSPS) is 10.4. The summed E-state index contributed by atoms with van der Waals surface area (Å²) in [5.74, 6) is 0.768. The van der Waals surface area contributed by atoms with Gasteiger partial charge in [0.15, 0.2) is 0 Å². The smallest absolute Gasteiger partial charge is 0.130 e. The van der Waals surface area contributed by atoms with Gasteiger partial charge in [0.05, 0.1) is 15.7 Å². The Balaban J connectivity index is 2.25. The summed E-state index contributed by atoms with van der Waals surface area (Å²) in [4.78, 5) is 4.39. The van der Waals surface area contributed by atoms with E-state index in [0.717, 1.165) is 21.7 Å². The highest BCUT2D eigenvalue weighted by Crippen LogP contribution is 2.27. The van der Waals surface area contributed by atoms with E-state index in [1.807, 2.05) is 25.1 Å². The Morgan fingerprint density at radius 3 is 2.53 bits per heavy atom. The minimum absolute atomic E-state index is 0.519. The number of halogens is 3. The summed E-state index contributed by atoms with van der Waals surface area (Å²) in [5, 5.41) is 4.22. The number of aromatic nitrogens is 1. The number of hydrogen-bond acceptors (Lipinski definition) is 2. The predicted molar refractivity (Wildman–Crippen MR) is 76.4 cm³/mol. The number of nitrogens with zero attached hydrogens (tertiary/aromatic N) is 1. The van der Waals surface area contributed by atoms with Crippen molar-refractivity contribution in [1.29, 1.82) is 0 Å². The molecular weight excluding hydrogens is 323 g/mol. The average molecular weight is 332 g/mol. The maximum absolute atomic E-state index is 5.94. The summed E-state index contributed by atoms with van der Waals surface area (Å²) >= 11 is 15.2. The van der Waals surface area contributed by atoms with Gasteiger partial charge >= 0.3 is 0 Å². The van der Waals surface area contributed by atoms with Crippen molar-refractivity contribution in [2.45, 2.75) is 6.92 Å². The molecule has 0 aliphatic rings. The van der Waals surface area contributed by atoms with Crippen molar-refractivity contribution in [2.75, 3.05) is 5.32 Å². The summed E-state index contributed by atoms with van der Waals surface area (Å²) in [6, 6.07) is 9.20. The first kappa shape index (κ1) is 12.7. The van der Waals surface area contributed by atoms with Crippen LogP contribution in [0, 0.1) is 6.92 Å². The molecule has 17 heavy (non-hydrogen) atoms. The Kier molecular flexibility index (Phi) is 3.92. The van der Waals surface area contributed by atoms with E-state index in [9.17, 15) is 0 Å². The van der Waals surface area contributed by atoms with E-state index in [0.29, 0.717) is 10.0 Å². The molecule has 2 nitrogen and oxygen atoms in total. The second-order valence-electron chi connectivity index (χ2n) is 3.52. The number of pyridine rings is 1. The van der Waals surface area contributed by atoms with E-state index in [1.165, 1.54) is 0 Å². The van der Waals surface area contributed by atoms with E-state index >= 15 is 0 Å². The molecule has 0 saturated heterocycles. The molecular formula is C12H9BrCl2N2. The van der Waals surface area contributed by atoms with E-state index in [1.54, 1.807) is 12.1 Å². The van der Waals surface area contributed by atoms with Crippen LogP contribution in [0.3, 0.4) is 0 Å². The molecule has 0 aliphatic heterocycles. The summed E-state index contributed by atoms with van der Waals surface area (Å²) < 4.78 is 0.984. The number of benzene rings is 1. The minimum Gasteiger partial charge on any atom is -0.340 e. The molecule has 1 N–H and O–H groups in total. The zero-order valence-corrected chi connectivity index (χ0v) is 12.1. The van der Waals surface area contributed by atoms with Gasteiger partial charge in [-0.25, -0.2) is 4.98 Å². The van der Waals surface area contributed by atoms with Gasteiger partial charge in [-0.2, -0.15) is 0 Å². The lowest BCUT2D eigenvalue weighted by molar-refractivity contribution is 1.18. The Bertz CT molecular complexity index is 509. The summed E-state index contributed by atoms with van der Waals surface area (Å²) in [6.07, 6.45) is 0. The monoisotopic (exact) mass is 330 g/mol. The van der Waals surface area contributed by atoms with Gasteiger partial charge in [-0.1, -0.05) is 23.2 Å². The molecule has 88 valence electrons. The zero-order chi connectivity index (χ0) is 12.4. The largest absolute Gasteiger partial charge is 0.340 e. The van der Waals surface area contributed by atoms with Crippen LogP contribution in [-0.4, -0.2) is 4.98 Å². The van der Waals surface area contributed by atoms with Crippen molar-refractivity contribution in [2.24, 2.45) is 0 Å². The average Bonchev–Trinajstić information content (AvgIpc) is 2.29. The van der Waals surface area contributed by atoms with Crippen molar-refractivity contribution in [3.63, 3.8) is 0 Å². The number of rotatable bonds is 2. The van der Waals surface area contributed by atoms with Gasteiger partial charge in [0, 0.05) is 10.2 Å². The fraction of sp³-hybridized carbons (Fsp3) is 0.0833. The second-order valence-corrected chi connectivity index (χ2v) is 5.19. The molecule has 1 aromatic heterocycles. The van der Waals surface area contributed by atoms with Crippen LogP contribution in [0.1, 0.15) is 5.69 Å². The number of aryl methyl sites for hydroxylation is 1. The molecule has 0 saturated carbocycles.